The number of thiophene rings is 1. The maximum Gasteiger partial charge on any atom is 0.227 e. The lowest BCUT2D eigenvalue weighted by Crippen LogP contribution is -2.48. The van der Waals surface area contributed by atoms with Gasteiger partial charge in [0.15, 0.2) is 0 Å². The molecule has 2 heterocycles. The van der Waals surface area contributed by atoms with Crippen molar-refractivity contribution < 1.29 is 9.53 Å². The molecule has 0 N–H and O–H groups in total. The number of carbonyl (C=O) groups is 1. The summed E-state index contributed by atoms with van der Waals surface area (Å²) in [7, 11) is 0. The minimum Gasteiger partial charge on any atom is -0.494 e. The second-order valence-electron chi connectivity index (χ2n) is 5.95. The van der Waals surface area contributed by atoms with Crippen LogP contribution in [0, 0.1) is 0 Å². The zero-order valence-corrected chi connectivity index (χ0v) is 14.9. The molecule has 24 heavy (non-hydrogen) atoms. The van der Waals surface area contributed by atoms with Gasteiger partial charge in [-0.2, -0.15) is 0 Å². The third kappa shape index (κ3) is 4.36. The number of para-hydroxylation sites is 1. The minimum atomic E-state index is 0.242. The molecule has 128 valence electrons. The summed E-state index contributed by atoms with van der Waals surface area (Å²) in [6, 6.07) is 12.2. The Bertz CT molecular complexity index is 649. The van der Waals surface area contributed by atoms with Crippen LogP contribution in [0.25, 0.3) is 0 Å². The number of hydrogen-bond acceptors (Lipinski definition) is 4. The summed E-state index contributed by atoms with van der Waals surface area (Å²) < 4.78 is 5.71. The first-order valence-electron chi connectivity index (χ1n) is 8.49. The lowest BCUT2D eigenvalue weighted by Gasteiger charge is -2.35. The first kappa shape index (κ1) is 17.0. The Hall–Kier alpha value is -1.85. The smallest absolute Gasteiger partial charge is 0.227 e. The molecule has 1 saturated heterocycles. The minimum absolute atomic E-state index is 0.242. The number of ether oxygens (including phenoxy) is 1. The Labute approximate surface area is 147 Å². The maximum absolute atomic E-state index is 12.4. The van der Waals surface area contributed by atoms with Crippen LogP contribution in [0.1, 0.15) is 17.4 Å². The number of piperazine rings is 1. The van der Waals surface area contributed by atoms with Crippen molar-refractivity contribution >= 4 is 17.2 Å². The fraction of sp³-hybridized carbons (Fsp3) is 0.421. The Kier molecular flexibility index (Phi) is 5.88. The summed E-state index contributed by atoms with van der Waals surface area (Å²) in [5.74, 6) is 1.21. The number of hydrogen-bond donors (Lipinski definition) is 0. The largest absolute Gasteiger partial charge is 0.494 e. The van der Waals surface area contributed by atoms with E-state index in [0.717, 1.165) is 43.4 Å². The van der Waals surface area contributed by atoms with Crippen molar-refractivity contribution in [2.45, 2.75) is 19.9 Å². The molecule has 1 amide bonds. The first-order chi connectivity index (χ1) is 11.8. The summed E-state index contributed by atoms with van der Waals surface area (Å²) in [6.07, 6.45) is 0.533. The molecule has 0 aliphatic carbocycles. The van der Waals surface area contributed by atoms with E-state index >= 15 is 0 Å². The van der Waals surface area contributed by atoms with Crippen molar-refractivity contribution in [2.75, 3.05) is 32.8 Å². The molecule has 0 saturated carbocycles. The topological polar surface area (TPSA) is 32.8 Å². The van der Waals surface area contributed by atoms with Crippen molar-refractivity contribution in [1.29, 1.82) is 0 Å². The van der Waals surface area contributed by atoms with E-state index in [1.165, 1.54) is 5.56 Å². The van der Waals surface area contributed by atoms with Crippen LogP contribution >= 0.6 is 11.3 Å². The van der Waals surface area contributed by atoms with Crippen molar-refractivity contribution in [3.8, 4) is 5.75 Å². The van der Waals surface area contributed by atoms with Gasteiger partial charge in [-0.15, -0.1) is 11.3 Å². The van der Waals surface area contributed by atoms with E-state index in [4.69, 9.17) is 4.74 Å². The lowest BCUT2D eigenvalue weighted by molar-refractivity contribution is -0.132. The predicted octanol–water partition coefficient (Wildman–Crippen LogP) is 3.03. The molecule has 5 heteroatoms. The Balaban J connectivity index is 1.51. The summed E-state index contributed by atoms with van der Waals surface area (Å²) in [4.78, 5) is 17.9. The van der Waals surface area contributed by atoms with Gasteiger partial charge in [-0.3, -0.25) is 9.69 Å². The van der Waals surface area contributed by atoms with Crippen LogP contribution in [-0.4, -0.2) is 48.5 Å². The molecule has 1 aromatic carbocycles. The van der Waals surface area contributed by atoms with E-state index in [2.05, 4.69) is 17.0 Å². The van der Waals surface area contributed by atoms with Crippen LogP contribution in [0.5, 0.6) is 5.75 Å². The van der Waals surface area contributed by atoms with Crippen molar-refractivity contribution in [1.82, 2.24) is 9.80 Å². The van der Waals surface area contributed by atoms with Gasteiger partial charge < -0.3 is 9.64 Å². The molecule has 0 bridgehead atoms. The number of amides is 1. The monoisotopic (exact) mass is 344 g/mol. The zero-order chi connectivity index (χ0) is 16.8. The van der Waals surface area contributed by atoms with E-state index in [-0.39, 0.29) is 5.91 Å². The Morgan fingerprint density at radius 1 is 1.12 bits per heavy atom. The van der Waals surface area contributed by atoms with Gasteiger partial charge in [-0.1, -0.05) is 24.3 Å². The highest BCUT2D eigenvalue weighted by Gasteiger charge is 2.22. The Morgan fingerprint density at radius 3 is 2.62 bits per heavy atom. The van der Waals surface area contributed by atoms with Crippen LogP contribution in [0.15, 0.2) is 41.8 Å². The molecule has 1 aliphatic heterocycles. The van der Waals surface area contributed by atoms with Gasteiger partial charge in [0.25, 0.3) is 0 Å². The molecule has 0 unspecified atom stereocenters. The standard InChI is InChI=1S/C19H24N2O2S/c1-2-23-18-8-4-3-6-16(18)15-20-9-11-21(12-10-20)19(22)14-17-7-5-13-24-17/h3-8,13H,2,9-12,14-15H2,1H3. The summed E-state index contributed by atoms with van der Waals surface area (Å²) in [5, 5.41) is 2.02. The van der Waals surface area contributed by atoms with E-state index in [9.17, 15) is 4.79 Å². The molecule has 4 nitrogen and oxygen atoms in total. The van der Waals surface area contributed by atoms with Crippen molar-refractivity contribution in [3.05, 3.63) is 52.2 Å². The van der Waals surface area contributed by atoms with E-state index < -0.39 is 0 Å². The summed E-state index contributed by atoms with van der Waals surface area (Å²) in [5.41, 5.74) is 1.22. The van der Waals surface area contributed by atoms with E-state index in [1.807, 2.05) is 41.5 Å². The van der Waals surface area contributed by atoms with Gasteiger partial charge in [0.1, 0.15) is 5.75 Å². The fourth-order valence-corrected chi connectivity index (χ4v) is 3.70. The number of benzene rings is 1. The van der Waals surface area contributed by atoms with Crippen LogP contribution in [0.4, 0.5) is 0 Å². The first-order valence-corrected chi connectivity index (χ1v) is 9.37. The summed E-state index contributed by atoms with van der Waals surface area (Å²) >= 11 is 1.65. The number of carbonyl (C=O) groups excluding carboxylic acids is 1. The van der Waals surface area contributed by atoms with Gasteiger partial charge in [-0.25, -0.2) is 0 Å². The van der Waals surface area contributed by atoms with Gasteiger partial charge in [0.05, 0.1) is 13.0 Å². The van der Waals surface area contributed by atoms with E-state index in [0.29, 0.717) is 13.0 Å². The molecular formula is C19H24N2O2S. The molecular weight excluding hydrogens is 320 g/mol. The molecule has 3 rings (SSSR count). The van der Waals surface area contributed by atoms with Crippen LogP contribution in [0.2, 0.25) is 0 Å². The normalized spacial score (nSPS) is 15.5. The lowest BCUT2D eigenvalue weighted by atomic mass is 10.1. The average molecular weight is 344 g/mol. The quantitative estimate of drug-likeness (QED) is 0.807. The van der Waals surface area contributed by atoms with Gasteiger partial charge in [-0.05, 0) is 24.4 Å². The maximum atomic E-state index is 12.4. The SMILES string of the molecule is CCOc1ccccc1CN1CCN(C(=O)Cc2cccs2)CC1. The molecule has 1 aromatic heterocycles. The molecule has 1 aliphatic rings. The highest BCUT2D eigenvalue weighted by Crippen LogP contribution is 2.21. The molecule has 1 fully saturated rings. The highest BCUT2D eigenvalue weighted by molar-refractivity contribution is 7.10. The predicted molar refractivity (Wildman–Crippen MR) is 97.5 cm³/mol. The molecule has 0 radical (unpaired) electrons. The Morgan fingerprint density at radius 2 is 1.92 bits per heavy atom. The van der Waals surface area contributed by atoms with Crippen LogP contribution in [0.3, 0.4) is 0 Å². The third-order valence-electron chi connectivity index (χ3n) is 4.30. The average Bonchev–Trinajstić information content (AvgIpc) is 3.10. The number of rotatable bonds is 6. The van der Waals surface area contributed by atoms with Crippen molar-refractivity contribution in [3.63, 3.8) is 0 Å². The second-order valence-corrected chi connectivity index (χ2v) is 6.99. The fourth-order valence-electron chi connectivity index (χ4n) is 3.00. The third-order valence-corrected chi connectivity index (χ3v) is 5.17. The molecule has 2 aromatic rings. The molecule has 0 spiro atoms. The van der Waals surface area contributed by atoms with Crippen molar-refractivity contribution in [2.24, 2.45) is 0 Å². The van der Waals surface area contributed by atoms with Gasteiger partial charge in [0.2, 0.25) is 5.91 Å². The highest BCUT2D eigenvalue weighted by atomic mass is 32.1. The van der Waals surface area contributed by atoms with Gasteiger partial charge in [0, 0.05) is 43.2 Å². The summed E-state index contributed by atoms with van der Waals surface area (Å²) in [6.45, 7) is 7.01. The molecule has 0 atom stereocenters. The van der Waals surface area contributed by atoms with E-state index in [1.54, 1.807) is 11.3 Å². The van der Waals surface area contributed by atoms with Crippen LogP contribution in [-0.2, 0) is 17.8 Å². The zero-order valence-electron chi connectivity index (χ0n) is 14.1. The number of nitrogens with zero attached hydrogens (tertiary/aromatic N) is 2. The second kappa shape index (κ2) is 8.31. The van der Waals surface area contributed by atoms with Crippen LogP contribution < -0.4 is 4.74 Å². The van der Waals surface area contributed by atoms with Gasteiger partial charge >= 0.3 is 0 Å².